The molecule has 1 atom stereocenters. The number of aromatic nitrogens is 3. The number of nitrogens with zero attached hydrogens (tertiary/aromatic N) is 2. The molecule has 0 aliphatic heterocycles. The van der Waals surface area contributed by atoms with Crippen molar-refractivity contribution in [3.05, 3.63) is 20.7 Å². The minimum Gasteiger partial charge on any atom is -0.315 e. The zero-order valence-corrected chi connectivity index (χ0v) is 11.8. The summed E-state index contributed by atoms with van der Waals surface area (Å²) in [6, 6.07) is 0.503. The minimum absolute atomic E-state index is 0.503. The summed E-state index contributed by atoms with van der Waals surface area (Å²) in [6.07, 6.45) is 2.12. The molecule has 7 heteroatoms. The average molecular weight is 272 g/mol. The number of hydrogen-bond acceptors (Lipinski definition) is 5. The van der Waals surface area contributed by atoms with E-state index in [1.807, 2.05) is 0 Å². The van der Waals surface area contributed by atoms with Crippen LogP contribution >= 0.6 is 11.8 Å². The molecular formula is C11H20N4O2S. The lowest BCUT2D eigenvalue weighted by molar-refractivity contribution is 0.525. The Morgan fingerprint density at radius 1 is 1.50 bits per heavy atom. The molecule has 1 unspecified atom stereocenters. The van der Waals surface area contributed by atoms with Gasteiger partial charge in [0.1, 0.15) is 0 Å². The second kappa shape index (κ2) is 7.38. The number of H-pyrrole nitrogens is 1. The average Bonchev–Trinajstić information content (AvgIpc) is 2.31. The van der Waals surface area contributed by atoms with E-state index in [9.17, 15) is 9.59 Å². The summed E-state index contributed by atoms with van der Waals surface area (Å²) < 4.78 is 1.49. The van der Waals surface area contributed by atoms with Gasteiger partial charge in [0.2, 0.25) is 0 Å². The van der Waals surface area contributed by atoms with Gasteiger partial charge in [0.25, 0.3) is 0 Å². The Bertz CT molecular complexity index is 483. The normalized spacial score (nSPS) is 12.6. The fourth-order valence-electron chi connectivity index (χ4n) is 1.59. The van der Waals surface area contributed by atoms with Crippen molar-refractivity contribution in [3.63, 3.8) is 0 Å². The van der Waals surface area contributed by atoms with Crippen LogP contribution in [0.25, 0.3) is 0 Å². The quantitative estimate of drug-likeness (QED) is 0.425. The zero-order valence-electron chi connectivity index (χ0n) is 11.0. The summed E-state index contributed by atoms with van der Waals surface area (Å²) in [5.41, 5.74) is -1.40. The topological polar surface area (TPSA) is 79.8 Å². The van der Waals surface area contributed by atoms with Crippen molar-refractivity contribution in [2.45, 2.75) is 37.9 Å². The summed E-state index contributed by atoms with van der Waals surface area (Å²) in [5.74, 6) is 0.877. The largest absolute Gasteiger partial charge is 0.339 e. The lowest BCUT2D eigenvalue weighted by atomic mass is 10.2. The predicted octanol–water partition coefficient (Wildman–Crippen LogP) is 0.339. The molecule has 2 N–H and O–H groups in total. The Morgan fingerprint density at radius 2 is 2.22 bits per heavy atom. The van der Waals surface area contributed by atoms with Gasteiger partial charge in [0.15, 0.2) is 5.16 Å². The van der Waals surface area contributed by atoms with Gasteiger partial charge in [-0.3, -0.25) is 19.4 Å². The zero-order chi connectivity index (χ0) is 13.5. The molecule has 0 saturated heterocycles. The Morgan fingerprint density at radius 3 is 2.89 bits per heavy atom. The smallest absolute Gasteiger partial charge is 0.315 e. The maximum atomic E-state index is 11.1. The number of aryl methyl sites for hydroxylation is 1. The van der Waals surface area contributed by atoms with Crippen LogP contribution in [0.2, 0.25) is 0 Å². The first-order valence-corrected chi connectivity index (χ1v) is 7.06. The molecule has 0 aliphatic rings. The van der Waals surface area contributed by atoms with E-state index in [1.165, 1.54) is 16.4 Å². The van der Waals surface area contributed by atoms with E-state index in [-0.39, 0.29) is 0 Å². The summed E-state index contributed by atoms with van der Waals surface area (Å²) in [4.78, 5) is 25.9. The highest BCUT2D eigenvalue weighted by atomic mass is 32.2. The van der Waals surface area contributed by atoms with Crippen LogP contribution in [0.1, 0.15) is 26.7 Å². The molecule has 102 valence electrons. The second-order valence-electron chi connectivity index (χ2n) is 4.15. The van der Waals surface area contributed by atoms with Gasteiger partial charge in [-0.15, -0.1) is 0 Å². The van der Waals surface area contributed by atoms with Crippen molar-refractivity contribution in [2.24, 2.45) is 7.05 Å². The summed E-state index contributed by atoms with van der Waals surface area (Å²) in [7, 11) is 1.68. The van der Waals surface area contributed by atoms with Crippen LogP contribution in [0, 0.1) is 0 Å². The molecule has 1 heterocycles. The van der Waals surface area contributed by atoms with E-state index in [0.717, 1.165) is 25.1 Å². The first kappa shape index (κ1) is 15.0. The molecule has 0 radical (unpaired) electrons. The third-order valence-corrected chi connectivity index (χ3v) is 3.63. The molecule has 0 bridgehead atoms. The molecule has 0 fully saturated rings. The Kier molecular flexibility index (Phi) is 6.14. The molecule has 1 rings (SSSR count). The van der Waals surface area contributed by atoms with Crippen molar-refractivity contribution >= 4 is 11.8 Å². The fraction of sp³-hybridized carbons (Fsp3) is 0.727. The number of rotatable bonds is 7. The van der Waals surface area contributed by atoms with Crippen molar-refractivity contribution in [1.29, 1.82) is 0 Å². The first-order chi connectivity index (χ1) is 8.54. The molecule has 0 aromatic carbocycles. The van der Waals surface area contributed by atoms with Crippen molar-refractivity contribution < 1.29 is 0 Å². The van der Waals surface area contributed by atoms with Crippen LogP contribution in [0.3, 0.4) is 0 Å². The van der Waals surface area contributed by atoms with Crippen molar-refractivity contribution in [1.82, 2.24) is 20.1 Å². The molecule has 6 nitrogen and oxygen atoms in total. The predicted molar refractivity (Wildman–Crippen MR) is 73.2 cm³/mol. The van der Waals surface area contributed by atoms with Gasteiger partial charge in [-0.25, -0.2) is 0 Å². The van der Waals surface area contributed by atoms with Crippen LogP contribution in [-0.2, 0) is 7.05 Å². The van der Waals surface area contributed by atoms with E-state index in [1.54, 1.807) is 7.05 Å². The van der Waals surface area contributed by atoms with E-state index in [0.29, 0.717) is 11.2 Å². The van der Waals surface area contributed by atoms with Gasteiger partial charge in [0.05, 0.1) is 0 Å². The number of aromatic amines is 1. The molecular weight excluding hydrogens is 252 g/mol. The van der Waals surface area contributed by atoms with E-state index < -0.39 is 11.1 Å². The number of nitrogens with one attached hydrogen (secondary N) is 2. The lowest BCUT2D eigenvalue weighted by Crippen LogP contribution is -2.33. The van der Waals surface area contributed by atoms with E-state index in [4.69, 9.17) is 0 Å². The monoisotopic (exact) mass is 272 g/mol. The van der Waals surface area contributed by atoms with Crippen LogP contribution in [-0.4, -0.2) is 33.1 Å². The lowest BCUT2D eigenvalue weighted by Gasteiger charge is -2.11. The SMILES string of the molecule is CCNC(C)CCCSc1nc(=O)c(=O)[nH]n1C. The van der Waals surface area contributed by atoms with Crippen LogP contribution in [0.15, 0.2) is 14.7 Å². The molecule has 0 amide bonds. The maximum Gasteiger partial charge on any atom is 0.339 e. The van der Waals surface area contributed by atoms with Gasteiger partial charge in [-0.1, -0.05) is 18.7 Å². The summed E-state index contributed by atoms with van der Waals surface area (Å²) in [5, 5.41) is 6.33. The van der Waals surface area contributed by atoms with Crippen LogP contribution < -0.4 is 16.4 Å². The highest BCUT2D eigenvalue weighted by Crippen LogP contribution is 2.14. The van der Waals surface area contributed by atoms with Gasteiger partial charge in [-0.2, -0.15) is 4.98 Å². The van der Waals surface area contributed by atoms with Crippen LogP contribution in [0.5, 0.6) is 0 Å². The Labute approximate surface area is 110 Å². The van der Waals surface area contributed by atoms with Gasteiger partial charge in [0, 0.05) is 18.8 Å². The highest BCUT2D eigenvalue weighted by Gasteiger charge is 2.05. The summed E-state index contributed by atoms with van der Waals surface area (Å²) >= 11 is 1.48. The standard InChI is InChI=1S/C11H20N4O2S/c1-4-12-8(2)6-5-7-18-11-13-9(16)10(17)14-15(11)3/h8,12H,4-7H2,1-3H3,(H,14,17). The van der Waals surface area contributed by atoms with Gasteiger partial charge >= 0.3 is 11.1 Å². The van der Waals surface area contributed by atoms with Crippen molar-refractivity contribution in [3.8, 4) is 0 Å². The van der Waals surface area contributed by atoms with E-state index in [2.05, 4.69) is 29.2 Å². The third-order valence-electron chi connectivity index (χ3n) is 2.51. The fourth-order valence-corrected chi connectivity index (χ4v) is 2.47. The maximum absolute atomic E-state index is 11.1. The molecule has 1 aromatic heterocycles. The second-order valence-corrected chi connectivity index (χ2v) is 5.21. The highest BCUT2D eigenvalue weighted by molar-refractivity contribution is 7.99. The van der Waals surface area contributed by atoms with Crippen molar-refractivity contribution in [2.75, 3.05) is 12.3 Å². The first-order valence-electron chi connectivity index (χ1n) is 6.08. The molecule has 1 aromatic rings. The number of thioether (sulfide) groups is 1. The minimum atomic E-state index is -0.725. The third kappa shape index (κ3) is 4.66. The molecule has 18 heavy (non-hydrogen) atoms. The Balaban J connectivity index is 2.42. The summed E-state index contributed by atoms with van der Waals surface area (Å²) in [6.45, 7) is 5.22. The van der Waals surface area contributed by atoms with E-state index >= 15 is 0 Å². The van der Waals surface area contributed by atoms with Gasteiger partial charge < -0.3 is 5.32 Å². The Hall–Kier alpha value is -1.08. The number of hydrogen-bond donors (Lipinski definition) is 2. The molecule has 0 saturated carbocycles. The molecule has 0 spiro atoms. The van der Waals surface area contributed by atoms with Gasteiger partial charge in [-0.05, 0) is 26.3 Å². The molecule has 0 aliphatic carbocycles. The van der Waals surface area contributed by atoms with Crippen LogP contribution in [0.4, 0.5) is 0 Å².